The summed E-state index contributed by atoms with van der Waals surface area (Å²) in [6, 6.07) is 37.6. The molecule has 2 heteroatoms. The molecule has 2 nitrogen and oxygen atoms in total. The van der Waals surface area contributed by atoms with Crippen molar-refractivity contribution >= 4 is 54.1 Å². The van der Waals surface area contributed by atoms with Crippen molar-refractivity contribution in [3.8, 4) is 0 Å². The molecular formula is C33H22N2. The molecule has 2 heterocycles. The minimum atomic E-state index is 0.0897. The van der Waals surface area contributed by atoms with Crippen molar-refractivity contribution in [3.63, 3.8) is 0 Å². The van der Waals surface area contributed by atoms with Gasteiger partial charge in [0.25, 0.3) is 0 Å². The average Bonchev–Trinajstić information content (AvgIpc) is 3.53. The van der Waals surface area contributed by atoms with Crippen molar-refractivity contribution in [1.82, 2.24) is 9.97 Å². The van der Waals surface area contributed by atoms with Crippen LogP contribution in [0, 0.1) is 0 Å². The summed E-state index contributed by atoms with van der Waals surface area (Å²) in [7, 11) is 0. The number of fused-ring (bicyclic) bond motifs is 2. The summed E-state index contributed by atoms with van der Waals surface area (Å²) in [6.45, 7) is 0. The summed E-state index contributed by atoms with van der Waals surface area (Å²) in [6.07, 6.45) is 4.41. The first-order valence-electron chi connectivity index (χ1n) is 12.2. The highest BCUT2D eigenvalue weighted by atomic mass is 14.7. The Hall–Kier alpha value is -4.56. The van der Waals surface area contributed by atoms with Gasteiger partial charge in [-0.05, 0) is 61.1 Å². The van der Waals surface area contributed by atoms with E-state index in [1.54, 1.807) is 0 Å². The lowest BCUT2D eigenvalue weighted by Gasteiger charge is -2.21. The van der Waals surface area contributed by atoms with Crippen LogP contribution in [0.15, 0.2) is 116 Å². The molecule has 0 amide bonds. The minimum Gasteiger partial charge on any atom is -0.361 e. The molecule has 0 bridgehead atoms. The zero-order valence-corrected chi connectivity index (χ0v) is 19.0. The zero-order chi connectivity index (χ0) is 22.9. The van der Waals surface area contributed by atoms with E-state index in [-0.39, 0.29) is 5.92 Å². The van der Waals surface area contributed by atoms with Gasteiger partial charge in [0.2, 0.25) is 0 Å². The van der Waals surface area contributed by atoms with Gasteiger partial charge in [0.05, 0.1) is 0 Å². The third-order valence-electron chi connectivity index (χ3n) is 7.74. The molecule has 0 spiro atoms. The van der Waals surface area contributed by atoms with Gasteiger partial charge in [0, 0.05) is 40.1 Å². The van der Waals surface area contributed by atoms with Crippen molar-refractivity contribution in [2.24, 2.45) is 0 Å². The third kappa shape index (κ3) is 2.59. The lowest BCUT2D eigenvalue weighted by molar-refractivity contribution is 1.01. The topological polar surface area (TPSA) is 31.6 Å². The Morgan fingerprint density at radius 1 is 0.400 bits per heavy atom. The maximum absolute atomic E-state index is 3.54. The van der Waals surface area contributed by atoms with Crippen LogP contribution in [-0.2, 0) is 0 Å². The van der Waals surface area contributed by atoms with Crippen molar-refractivity contribution in [3.05, 3.63) is 132 Å². The quantitative estimate of drug-likeness (QED) is 0.254. The van der Waals surface area contributed by atoms with Gasteiger partial charge in [-0.2, -0.15) is 0 Å². The number of para-hydroxylation sites is 2. The number of aromatic nitrogens is 2. The number of H-pyrrole nitrogens is 2. The van der Waals surface area contributed by atoms with Crippen LogP contribution in [-0.4, -0.2) is 9.97 Å². The SMILES string of the molecule is c1cc2ccc3ccc(C(c4c[nH]c5ccccc45)c4c[nH]c5ccccc45)c4ccc(c1)c2c34. The molecule has 0 fully saturated rings. The predicted molar refractivity (Wildman–Crippen MR) is 148 cm³/mol. The first kappa shape index (κ1) is 18.8. The summed E-state index contributed by atoms with van der Waals surface area (Å²) in [5, 5.41) is 10.5. The van der Waals surface area contributed by atoms with Crippen LogP contribution in [0.25, 0.3) is 54.1 Å². The first-order valence-corrected chi connectivity index (χ1v) is 12.2. The molecule has 0 radical (unpaired) electrons. The Morgan fingerprint density at radius 3 is 1.60 bits per heavy atom. The lowest BCUT2D eigenvalue weighted by Crippen LogP contribution is -2.04. The van der Waals surface area contributed by atoms with Gasteiger partial charge in [-0.3, -0.25) is 0 Å². The molecular weight excluding hydrogens is 424 g/mol. The van der Waals surface area contributed by atoms with Crippen LogP contribution >= 0.6 is 0 Å². The molecule has 0 aliphatic heterocycles. The van der Waals surface area contributed by atoms with Gasteiger partial charge >= 0.3 is 0 Å². The summed E-state index contributed by atoms with van der Waals surface area (Å²) in [5.74, 6) is 0.0897. The fourth-order valence-electron chi connectivity index (χ4n) is 6.18. The van der Waals surface area contributed by atoms with E-state index in [0.29, 0.717) is 0 Å². The highest BCUT2D eigenvalue weighted by Gasteiger charge is 2.25. The molecule has 8 aromatic rings. The molecule has 2 N–H and O–H groups in total. The number of hydrogen-bond donors (Lipinski definition) is 2. The second-order valence-corrected chi connectivity index (χ2v) is 9.52. The number of nitrogens with one attached hydrogen (secondary N) is 2. The summed E-state index contributed by atoms with van der Waals surface area (Å²) < 4.78 is 0. The Bertz CT molecular complexity index is 1930. The number of benzene rings is 6. The van der Waals surface area contributed by atoms with Crippen LogP contribution in [0.5, 0.6) is 0 Å². The van der Waals surface area contributed by atoms with Crippen molar-refractivity contribution < 1.29 is 0 Å². The van der Waals surface area contributed by atoms with E-state index in [2.05, 4.69) is 125 Å². The molecule has 0 atom stereocenters. The molecule has 0 saturated heterocycles. The van der Waals surface area contributed by atoms with Crippen LogP contribution in [0.4, 0.5) is 0 Å². The Balaban J connectivity index is 1.52. The lowest BCUT2D eigenvalue weighted by atomic mass is 9.81. The zero-order valence-electron chi connectivity index (χ0n) is 19.0. The van der Waals surface area contributed by atoms with Crippen molar-refractivity contribution in [1.29, 1.82) is 0 Å². The number of aromatic amines is 2. The van der Waals surface area contributed by atoms with E-state index in [1.807, 2.05) is 0 Å². The van der Waals surface area contributed by atoms with Gasteiger partial charge in [-0.25, -0.2) is 0 Å². The van der Waals surface area contributed by atoms with Crippen molar-refractivity contribution in [2.45, 2.75) is 5.92 Å². The van der Waals surface area contributed by atoms with Crippen LogP contribution in [0.2, 0.25) is 0 Å². The molecule has 0 unspecified atom stereocenters. The first-order chi connectivity index (χ1) is 17.4. The number of hydrogen-bond acceptors (Lipinski definition) is 0. The van der Waals surface area contributed by atoms with Gasteiger partial charge in [0.15, 0.2) is 0 Å². The highest BCUT2D eigenvalue weighted by molar-refractivity contribution is 6.23. The second-order valence-electron chi connectivity index (χ2n) is 9.52. The smallest absolute Gasteiger partial charge is 0.0457 e. The van der Waals surface area contributed by atoms with Gasteiger partial charge in [0.1, 0.15) is 0 Å². The standard InChI is InChI=1S/C33H22N2/c1-3-10-29-23(8-1)27(18-34-29)33(28-19-35-30-11-4-2-9-24(28)30)26-17-15-22-13-12-20-6-5-7-21-14-16-25(26)32(22)31(20)21/h1-19,33-35H. The summed E-state index contributed by atoms with van der Waals surface area (Å²) in [4.78, 5) is 7.07. The Morgan fingerprint density at radius 2 is 0.943 bits per heavy atom. The molecule has 0 aliphatic rings. The molecule has 164 valence electrons. The Labute approximate surface area is 202 Å². The fraction of sp³-hybridized carbons (Fsp3) is 0.0303. The summed E-state index contributed by atoms with van der Waals surface area (Å²) >= 11 is 0. The molecule has 35 heavy (non-hydrogen) atoms. The monoisotopic (exact) mass is 446 g/mol. The normalized spacial score (nSPS) is 12.3. The van der Waals surface area contributed by atoms with Gasteiger partial charge in [-0.15, -0.1) is 0 Å². The highest BCUT2D eigenvalue weighted by Crippen LogP contribution is 2.44. The van der Waals surface area contributed by atoms with E-state index in [0.717, 1.165) is 0 Å². The van der Waals surface area contributed by atoms with Crippen molar-refractivity contribution in [2.75, 3.05) is 0 Å². The maximum Gasteiger partial charge on any atom is 0.0457 e. The molecule has 0 aliphatic carbocycles. The van der Waals surface area contributed by atoms with Crippen LogP contribution in [0.1, 0.15) is 22.6 Å². The van der Waals surface area contributed by atoms with Gasteiger partial charge < -0.3 is 9.97 Å². The van der Waals surface area contributed by atoms with E-state index in [9.17, 15) is 0 Å². The minimum absolute atomic E-state index is 0.0897. The Kier molecular flexibility index (Phi) is 3.75. The maximum atomic E-state index is 3.54. The predicted octanol–water partition coefficient (Wildman–Crippen LogP) is 8.73. The van der Waals surface area contributed by atoms with Gasteiger partial charge in [-0.1, -0.05) is 91.0 Å². The second kappa shape index (κ2) is 6.97. The van der Waals surface area contributed by atoms with E-state index in [4.69, 9.17) is 0 Å². The van der Waals surface area contributed by atoms with E-state index < -0.39 is 0 Å². The molecule has 6 aromatic carbocycles. The van der Waals surface area contributed by atoms with Crippen LogP contribution < -0.4 is 0 Å². The molecule has 0 saturated carbocycles. The molecule has 2 aromatic heterocycles. The van der Waals surface area contributed by atoms with Crippen LogP contribution in [0.3, 0.4) is 0 Å². The average molecular weight is 447 g/mol. The van der Waals surface area contributed by atoms with E-state index >= 15 is 0 Å². The third-order valence-corrected chi connectivity index (χ3v) is 7.74. The molecule has 8 rings (SSSR count). The van der Waals surface area contributed by atoms with E-state index in [1.165, 1.54) is 70.8 Å². The number of rotatable bonds is 3. The largest absolute Gasteiger partial charge is 0.361 e. The fourth-order valence-corrected chi connectivity index (χ4v) is 6.18. The summed E-state index contributed by atoms with van der Waals surface area (Å²) in [5.41, 5.74) is 6.29.